The molecule has 1 aliphatic heterocycles. The summed E-state index contributed by atoms with van der Waals surface area (Å²) in [6, 6.07) is 5.00. The number of nitrogens with zero attached hydrogens (tertiary/aromatic N) is 2. The van der Waals surface area contributed by atoms with Crippen molar-refractivity contribution in [1.29, 1.82) is 10.8 Å². The van der Waals surface area contributed by atoms with E-state index in [9.17, 15) is 4.79 Å². The average molecular weight is 412 g/mol. The lowest BCUT2D eigenvalue weighted by molar-refractivity contribution is -0.112. The van der Waals surface area contributed by atoms with E-state index in [4.69, 9.17) is 21.3 Å². The number of dihydropyridines is 1. The fourth-order valence-electron chi connectivity index (χ4n) is 2.59. The number of allylic oxidation sites excluding steroid dienone is 1. The Morgan fingerprint density at radius 2 is 2.20 bits per heavy atom. The SMILES string of the molecule is COC(=N)/C(=C\NC1=CNCC=C1)C(=O)Nc1cccc(C(=N)N(CN)C(C)C)n1. The van der Waals surface area contributed by atoms with Crippen molar-refractivity contribution in [2.24, 2.45) is 5.73 Å². The maximum absolute atomic E-state index is 12.7. The second-order valence-corrected chi connectivity index (χ2v) is 6.60. The minimum Gasteiger partial charge on any atom is -0.481 e. The van der Waals surface area contributed by atoms with Gasteiger partial charge in [-0.1, -0.05) is 12.1 Å². The molecule has 10 nitrogen and oxygen atoms in total. The van der Waals surface area contributed by atoms with Gasteiger partial charge in [0.2, 0.25) is 5.90 Å². The van der Waals surface area contributed by atoms with E-state index in [1.54, 1.807) is 29.3 Å². The molecule has 160 valence electrons. The summed E-state index contributed by atoms with van der Waals surface area (Å²) in [5, 5.41) is 24.9. The Kier molecular flexibility index (Phi) is 8.12. The molecule has 30 heavy (non-hydrogen) atoms. The minimum absolute atomic E-state index is 0.00887. The normalized spacial score (nSPS) is 13.2. The van der Waals surface area contributed by atoms with Crippen LogP contribution in [-0.4, -0.2) is 53.9 Å². The van der Waals surface area contributed by atoms with Gasteiger partial charge < -0.3 is 31.3 Å². The Labute approximate surface area is 175 Å². The molecule has 10 heteroatoms. The Morgan fingerprint density at radius 3 is 2.80 bits per heavy atom. The van der Waals surface area contributed by atoms with Crippen molar-refractivity contribution in [3.63, 3.8) is 0 Å². The number of hydrogen-bond acceptors (Lipinski definition) is 8. The van der Waals surface area contributed by atoms with E-state index in [2.05, 4.69) is 20.9 Å². The molecule has 0 bridgehead atoms. The van der Waals surface area contributed by atoms with E-state index >= 15 is 0 Å². The van der Waals surface area contributed by atoms with Crippen molar-refractivity contribution in [3.8, 4) is 0 Å². The number of carbonyl (C=O) groups is 1. The topological polar surface area (TPSA) is 152 Å². The van der Waals surface area contributed by atoms with Crippen LogP contribution in [0.4, 0.5) is 5.82 Å². The van der Waals surface area contributed by atoms with E-state index in [1.807, 2.05) is 26.0 Å². The molecule has 1 amide bonds. The number of aromatic nitrogens is 1. The second kappa shape index (κ2) is 10.8. The van der Waals surface area contributed by atoms with Gasteiger partial charge in [0.15, 0.2) is 0 Å². The maximum atomic E-state index is 12.7. The van der Waals surface area contributed by atoms with Crippen LogP contribution in [0.1, 0.15) is 19.5 Å². The first kappa shape index (κ1) is 22.6. The van der Waals surface area contributed by atoms with Gasteiger partial charge in [-0.25, -0.2) is 4.98 Å². The largest absolute Gasteiger partial charge is 0.481 e. The fourth-order valence-corrected chi connectivity index (χ4v) is 2.59. The lowest BCUT2D eigenvalue weighted by atomic mass is 10.2. The molecule has 0 radical (unpaired) electrons. The van der Waals surface area contributed by atoms with Crippen LogP contribution in [0.2, 0.25) is 0 Å². The van der Waals surface area contributed by atoms with Gasteiger partial charge in [-0.3, -0.25) is 15.6 Å². The first-order chi connectivity index (χ1) is 14.4. The molecule has 0 saturated carbocycles. The van der Waals surface area contributed by atoms with E-state index in [0.29, 0.717) is 5.69 Å². The smallest absolute Gasteiger partial charge is 0.263 e. The van der Waals surface area contributed by atoms with Crippen molar-refractivity contribution >= 4 is 23.5 Å². The monoisotopic (exact) mass is 412 g/mol. The molecule has 0 aromatic carbocycles. The average Bonchev–Trinajstić information content (AvgIpc) is 2.74. The molecule has 1 aromatic heterocycles. The first-order valence-corrected chi connectivity index (χ1v) is 9.41. The van der Waals surface area contributed by atoms with Crippen LogP contribution in [0.5, 0.6) is 0 Å². The van der Waals surface area contributed by atoms with Gasteiger partial charge >= 0.3 is 0 Å². The highest BCUT2D eigenvalue weighted by molar-refractivity contribution is 6.21. The van der Waals surface area contributed by atoms with Crippen molar-refractivity contribution in [2.75, 3.05) is 25.6 Å². The van der Waals surface area contributed by atoms with Crippen molar-refractivity contribution in [2.45, 2.75) is 19.9 Å². The van der Waals surface area contributed by atoms with E-state index in [-0.39, 0.29) is 35.8 Å². The fraction of sp³-hybridized carbons (Fsp3) is 0.300. The highest BCUT2D eigenvalue weighted by atomic mass is 16.5. The van der Waals surface area contributed by atoms with Gasteiger partial charge in [0.05, 0.1) is 19.5 Å². The predicted molar refractivity (Wildman–Crippen MR) is 117 cm³/mol. The number of hydrogen-bond donors (Lipinski definition) is 6. The molecule has 7 N–H and O–H groups in total. The lowest BCUT2D eigenvalue weighted by Crippen LogP contribution is -2.41. The lowest BCUT2D eigenvalue weighted by Gasteiger charge is -2.27. The van der Waals surface area contributed by atoms with E-state index < -0.39 is 5.91 Å². The van der Waals surface area contributed by atoms with Crippen LogP contribution in [0.3, 0.4) is 0 Å². The summed E-state index contributed by atoms with van der Waals surface area (Å²) >= 11 is 0. The minimum atomic E-state index is -0.571. The Bertz CT molecular complexity index is 889. The van der Waals surface area contributed by atoms with Crippen LogP contribution < -0.4 is 21.7 Å². The molecular formula is C20H28N8O2. The zero-order valence-electron chi connectivity index (χ0n) is 17.3. The number of anilines is 1. The Hall–Kier alpha value is -3.66. The van der Waals surface area contributed by atoms with Crippen LogP contribution in [0, 0.1) is 10.8 Å². The van der Waals surface area contributed by atoms with Gasteiger partial charge in [-0.05, 0) is 32.1 Å². The third kappa shape index (κ3) is 5.92. The summed E-state index contributed by atoms with van der Waals surface area (Å²) in [5.74, 6) is -0.463. The van der Waals surface area contributed by atoms with Gasteiger partial charge in [0.25, 0.3) is 5.91 Å². The molecule has 0 fully saturated rings. The van der Waals surface area contributed by atoms with Crippen LogP contribution in [-0.2, 0) is 9.53 Å². The quantitative estimate of drug-likeness (QED) is 0.162. The van der Waals surface area contributed by atoms with Crippen LogP contribution >= 0.6 is 0 Å². The summed E-state index contributed by atoms with van der Waals surface area (Å²) in [6.45, 7) is 4.77. The van der Waals surface area contributed by atoms with Gasteiger partial charge in [-0.2, -0.15) is 0 Å². The third-order valence-corrected chi connectivity index (χ3v) is 4.21. The third-order valence-electron chi connectivity index (χ3n) is 4.21. The summed E-state index contributed by atoms with van der Waals surface area (Å²) in [4.78, 5) is 18.8. The second-order valence-electron chi connectivity index (χ2n) is 6.60. The van der Waals surface area contributed by atoms with Crippen molar-refractivity contribution < 1.29 is 9.53 Å². The Balaban J connectivity index is 2.19. The number of methoxy groups -OCH3 is 1. The van der Waals surface area contributed by atoms with Gasteiger partial charge in [-0.15, -0.1) is 0 Å². The number of carbonyl (C=O) groups excluding carboxylic acids is 1. The number of rotatable bonds is 8. The molecule has 0 atom stereocenters. The molecule has 0 spiro atoms. The summed E-state index contributed by atoms with van der Waals surface area (Å²) in [7, 11) is 1.32. The number of pyridine rings is 1. The zero-order chi connectivity index (χ0) is 22.1. The number of amides is 1. The molecule has 1 aromatic rings. The summed E-state index contributed by atoms with van der Waals surface area (Å²) in [5.41, 5.74) is 6.84. The molecule has 0 saturated heterocycles. The molecule has 2 heterocycles. The summed E-state index contributed by atoms with van der Waals surface area (Å²) in [6.07, 6.45) is 6.93. The Morgan fingerprint density at radius 1 is 1.43 bits per heavy atom. The first-order valence-electron chi connectivity index (χ1n) is 9.41. The summed E-state index contributed by atoms with van der Waals surface area (Å²) < 4.78 is 4.93. The van der Waals surface area contributed by atoms with E-state index in [0.717, 1.165) is 12.2 Å². The number of ether oxygens (including phenoxy) is 1. The van der Waals surface area contributed by atoms with Crippen molar-refractivity contribution in [1.82, 2.24) is 20.5 Å². The number of amidine groups is 1. The van der Waals surface area contributed by atoms with E-state index in [1.165, 1.54) is 13.3 Å². The van der Waals surface area contributed by atoms with Crippen LogP contribution in [0.15, 0.2) is 54.0 Å². The van der Waals surface area contributed by atoms with Gasteiger partial charge in [0.1, 0.15) is 22.9 Å². The van der Waals surface area contributed by atoms with Gasteiger partial charge in [0, 0.05) is 25.0 Å². The predicted octanol–water partition coefficient (Wildman–Crippen LogP) is 1.07. The number of nitrogens with one attached hydrogen (secondary N) is 5. The molecule has 1 aliphatic rings. The standard InChI is InChI=1S/C20H28N8O2/c1-13(2)28(12-21)18(22)16-7-4-8-17(26-16)27-20(29)15(19(23)30-3)11-25-14-6-5-9-24-10-14/h4-8,10-11,13,22-25H,9,12,21H2,1-3H3,(H,26,27,29)/b15-11+,22-18?,23-19?. The molecule has 0 aliphatic carbocycles. The zero-order valence-corrected chi connectivity index (χ0v) is 17.3. The van der Waals surface area contributed by atoms with Crippen molar-refractivity contribution in [3.05, 3.63) is 59.7 Å². The molecular weight excluding hydrogens is 384 g/mol. The highest BCUT2D eigenvalue weighted by Crippen LogP contribution is 2.11. The molecule has 0 unspecified atom stereocenters. The van der Waals surface area contributed by atoms with Crippen LogP contribution in [0.25, 0.3) is 0 Å². The maximum Gasteiger partial charge on any atom is 0.263 e. The molecule has 2 rings (SSSR count). The number of nitrogens with two attached hydrogens (primary N) is 1. The highest BCUT2D eigenvalue weighted by Gasteiger charge is 2.19.